The number of tetrazole rings is 1. The fourth-order valence-electron chi connectivity index (χ4n) is 3.13. The lowest BCUT2D eigenvalue weighted by atomic mass is 10.0. The summed E-state index contributed by atoms with van der Waals surface area (Å²) in [6.45, 7) is 3.21. The lowest BCUT2D eigenvalue weighted by Gasteiger charge is -2.12. The van der Waals surface area contributed by atoms with Crippen LogP contribution in [0.25, 0.3) is 5.65 Å². The smallest absolute Gasteiger partial charge is 0.231 e. The zero-order valence-electron chi connectivity index (χ0n) is 13.5. The minimum atomic E-state index is -0.290. The molecule has 4 heterocycles. The molecule has 0 aliphatic carbocycles. The number of amides is 1. The monoisotopic (exact) mass is 325 g/mol. The summed E-state index contributed by atoms with van der Waals surface area (Å²) in [4.78, 5) is 17.1. The highest BCUT2D eigenvalue weighted by atomic mass is 16.1. The van der Waals surface area contributed by atoms with Crippen LogP contribution in [0.2, 0.25) is 0 Å². The molecule has 1 amide bonds. The number of hydrogen-bond acceptors (Lipinski definition) is 5. The number of fused-ring (bicyclic) bond motifs is 2. The summed E-state index contributed by atoms with van der Waals surface area (Å²) in [5.41, 5.74) is 2.88. The molecule has 8 heteroatoms. The van der Waals surface area contributed by atoms with Gasteiger partial charge in [0.25, 0.3) is 0 Å². The quantitative estimate of drug-likeness (QED) is 0.782. The third-order valence-corrected chi connectivity index (χ3v) is 4.41. The van der Waals surface area contributed by atoms with Crippen molar-refractivity contribution in [1.29, 1.82) is 0 Å². The van der Waals surface area contributed by atoms with E-state index in [0.717, 1.165) is 42.7 Å². The summed E-state index contributed by atoms with van der Waals surface area (Å²) in [6, 6.07) is 4.05. The number of aromatic nitrogens is 6. The molecule has 0 unspecified atom stereocenters. The first-order chi connectivity index (χ1) is 11.7. The first-order valence-electron chi connectivity index (χ1n) is 8.19. The van der Waals surface area contributed by atoms with Crippen molar-refractivity contribution < 1.29 is 4.79 Å². The van der Waals surface area contributed by atoms with E-state index in [2.05, 4.69) is 25.8 Å². The average molecular weight is 325 g/mol. The summed E-state index contributed by atoms with van der Waals surface area (Å²) in [6.07, 6.45) is 6.66. The van der Waals surface area contributed by atoms with Crippen molar-refractivity contribution in [2.45, 2.75) is 45.2 Å². The van der Waals surface area contributed by atoms with Crippen LogP contribution in [-0.4, -0.2) is 35.5 Å². The van der Waals surface area contributed by atoms with E-state index in [9.17, 15) is 4.79 Å². The van der Waals surface area contributed by atoms with Gasteiger partial charge < -0.3 is 9.72 Å². The predicted octanol–water partition coefficient (Wildman–Crippen LogP) is 1.21. The lowest BCUT2D eigenvalue weighted by molar-refractivity contribution is -0.123. The molecule has 0 aromatic carbocycles. The molecule has 0 bridgehead atoms. The van der Waals surface area contributed by atoms with E-state index in [4.69, 9.17) is 0 Å². The van der Waals surface area contributed by atoms with Gasteiger partial charge in [0.2, 0.25) is 5.91 Å². The van der Waals surface area contributed by atoms with Crippen LogP contribution in [0.15, 0.2) is 24.5 Å². The number of pyridine rings is 1. The van der Waals surface area contributed by atoms with E-state index in [0.29, 0.717) is 12.4 Å². The van der Waals surface area contributed by atoms with Crippen molar-refractivity contribution in [3.8, 4) is 0 Å². The van der Waals surface area contributed by atoms with Gasteiger partial charge in [-0.15, -0.1) is 5.10 Å². The Hall–Kier alpha value is -2.77. The molecule has 1 N–H and O–H groups in total. The molecule has 0 fully saturated rings. The minimum absolute atomic E-state index is 0.0406. The molecule has 0 saturated carbocycles. The molecule has 0 radical (unpaired) electrons. The van der Waals surface area contributed by atoms with Crippen molar-refractivity contribution in [3.63, 3.8) is 0 Å². The standard InChI is InChI=1S/C16H19N7O/c1-11-5-7-22-10-12(18-14(22)8-11)9-17-16(24)13-4-2-3-6-23-15(13)19-20-21-23/h5,7-8,10,13H,2-4,6,9H2,1H3,(H,17,24)/t13-/m1/s1. The maximum absolute atomic E-state index is 12.6. The predicted molar refractivity (Wildman–Crippen MR) is 86.2 cm³/mol. The summed E-state index contributed by atoms with van der Waals surface area (Å²) >= 11 is 0. The minimum Gasteiger partial charge on any atom is -0.350 e. The topological polar surface area (TPSA) is 90.0 Å². The summed E-state index contributed by atoms with van der Waals surface area (Å²) < 4.78 is 3.70. The molecule has 24 heavy (non-hydrogen) atoms. The zero-order valence-corrected chi connectivity index (χ0v) is 13.5. The highest BCUT2D eigenvalue weighted by molar-refractivity contribution is 5.82. The van der Waals surface area contributed by atoms with Crippen LogP contribution in [0.1, 0.15) is 42.3 Å². The van der Waals surface area contributed by atoms with Crippen LogP contribution in [0.4, 0.5) is 0 Å². The molecule has 0 saturated heterocycles. The van der Waals surface area contributed by atoms with Gasteiger partial charge in [-0.05, 0) is 47.9 Å². The molecular formula is C16H19N7O. The molecule has 1 aliphatic rings. The number of imidazole rings is 1. The van der Waals surface area contributed by atoms with Gasteiger partial charge in [-0.2, -0.15) is 0 Å². The lowest BCUT2D eigenvalue weighted by Crippen LogP contribution is -2.30. The second-order valence-corrected chi connectivity index (χ2v) is 6.23. The van der Waals surface area contributed by atoms with E-state index < -0.39 is 0 Å². The van der Waals surface area contributed by atoms with Gasteiger partial charge >= 0.3 is 0 Å². The largest absolute Gasteiger partial charge is 0.350 e. The second-order valence-electron chi connectivity index (χ2n) is 6.23. The first kappa shape index (κ1) is 14.8. The van der Waals surface area contributed by atoms with Crippen molar-refractivity contribution in [1.82, 2.24) is 34.9 Å². The van der Waals surface area contributed by atoms with E-state index >= 15 is 0 Å². The fourth-order valence-corrected chi connectivity index (χ4v) is 3.13. The van der Waals surface area contributed by atoms with E-state index in [1.54, 1.807) is 4.68 Å². The van der Waals surface area contributed by atoms with Crippen LogP contribution >= 0.6 is 0 Å². The van der Waals surface area contributed by atoms with Crippen molar-refractivity contribution in [2.24, 2.45) is 0 Å². The van der Waals surface area contributed by atoms with Gasteiger partial charge in [0.1, 0.15) is 5.65 Å². The van der Waals surface area contributed by atoms with E-state index in [1.807, 2.05) is 35.9 Å². The number of nitrogens with zero attached hydrogens (tertiary/aromatic N) is 6. The molecule has 8 nitrogen and oxygen atoms in total. The van der Waals surface area contributed by atoms with Crippen molar-refractivity contribution in [3.05, 3.63) is 41.6 Å². The molecular weight excluding hydrogens is 306 g/mol. The van der Waals surface area contributed by atoms with Crippen molar-refractivity contribution >= 4 is 11.6 Å². The molecule has 3 aromatic heterocycles. The maximum atomic E-state index is 12.6. The number of aryl methyl sites for hydroxylation is 2. The van der Waals surface area contributed by atoms with Crippen LogP contribution in [0.3, 0.4) is 0 Å². The Morgan fingerprint density at radius 2 is 2.33 bits per heavy atom. The Bertz CT molecular complexity index is 882. The normalized spacial score (nSPS) is 17.5. The summed E-state index contributed by atoms with van der Waals surface area (Å²) in [5.74, 6) is 0.332. The third-order valence-electron chi connectivity index (χ3n) is 4.41. The Morgan fingerprint density at radius 1 is 1.42 bits per heavy atom. The van der Waals surface area contributed by atoms with Gasteiger partial charge in [0.05, 0.1) is 18.2 Å². The third kappa shape index (κ3) is 2.75. The van der Waals surface area contributed by atoms with Gasteiger partial charge in [-0.25, -0.2) is 9.67 Å². The second kappa shape index (κ2) is 6.03. The van der Waals surface area contributed by atoms with Crippen LogP contribution in [0.5, 0.6) is 0 Å². The molecule has 1 aliphatic heterocycles. The number of rotatable bonds is 3. The Balaban J connectivity index is 1.48. The number of nitrogens with one attached hydrogen (secondary N) is 1. The molecule has 124 valence electrons. The number of hydrogen-bond donors (Lipinski definition) is 1. The van der Waals surface area contributed by atoms with Gasteiger partial charge in [0.15, 0.2) is 5.82 Å². The summed E-state index contributed by atoms with van der Waals surface area (Å²) in [5, 5.41) is 14.7. The molecule has 3 aromatic rings. The highest BCUT2D eigenvalue weighted by Crippen LogP contribution is 2.24. The van der Waals surface area contributed by atoms with Crippen LogP contribution in [-0.2, 0) is 17.9 Å². The SMILES string of the molecule is Cc1ccn2cc(CNC(=O)[C@@H]3CCCCn4nnnc43)nc2c1. The Morgan fingerprint density at radius 3 is 3.25 bits per heavy atom. The van der Waals surface area contributed by atoms with Gasteiger partial charge in [0, 0.05) is 18.9 Å². The van der Waals surface area contributed by atoms with Gasteiger partial charge in [-0.1, -0.05) is 6.42 Å². The van der Waals surface area contributed by atoms with Crippen molar-refractivity contribution in [2.75, 3.05) is 0 Å². The molecule has 0 spiro atoms. The fraction of sp³-hybridized carbons (Fsp3) is 0.438. The molecule has 1 atom stereocenters. The van der Waals surface area contributed by atoms with E-state index in [-0.39, 0.29) is 11.8 Å². The van der Waals surface area contributed by atoms with Crippen LogP contribution < -0.4 is 5.32 Å². The molecule has 4 rings (SSSR count). The Kier molecular flexibility index (Phi) is 3.72. The zero-order chi connectivity index (χ0) is 16.5. The van der Waals surface area contributed by atoms with Gasteiger partial charge in [-0.3, -0.25) is 4.79 Å². The maximum Gasteiger partial charge on any atom is 0.231 e. The number of carbonyl (C=O) groups excluding carboxylic acids is 1. The van der Waals surface area contributed by atoms with E-state index in [1.165, 1.54) is 0 Å². The Labute approximate surface area is 138 Å². The van der Waals surface area contributed by atoms with Crippen LogP contribution in [0, 0.1) is 6.92 Å². The number of carbonyl (C=O) groups is 1. The summed E-state index contributed by atoms with van der Waals surface area (Å²) in [7, 11) is 0. The average Bonchev–Trinajstić information content (AvgIpc) is 3.14. The first-order valence-corrected chi connectivity index (χ1v) is 8.19. The highest BCUT2D eigenvalue weighted by Gasteiger charge is 2.28.